The van der Waals surface area contributed by atoms with E-state index in [-0.39, 0.29) is 79.1 Å². The van der Waals surface area contributed by atoms with Crippen LogP contribution in [-0.4, -0.2) is 104 Å². The second-order valence-corrected chi connectivity index (χ2v) is 26.7. The number of fused-ring (bicyclic) bond motifs is 4. The molecule has 27 heteroatoms. The highest BCUT2D eigenvalue weighted by atomic mass is 79.9. The third-order valence-corrected chi connectivity index (χ3v) is 14.7. The van der Waals surface area contributed by atoms with E-state index in [9.17, 15) is 76.7 Å². The third kappa shape index (κ3) is 21.5. The summed E-state index contributed by atoms with van der Waals surface area (Å²) in [5, 5.41) is 9.51. The number of benzene rings is 4. The molecular weight excluding hydrogens is 1300 g/mol. The van der Waals surface area contributed by atoms with Gasteiger partial charge in [-0.3, -0.25) is 4.79 Å². The van der Waals surface area contributed by atoms with E-state index in [1.807, 2.05) is 0 Å². The van der Waals surface area contributed by atoms with Crippen LogP contribution in [0.5, 0.6) is 0 Å². The molecular formula is C65H77BrF12N4O10. The zero-order valence-corrected chi connectivity index (χ0v) is 54.8. The van der Waals surface area contributed by atoms with E-state index in [1.165, 1.54) is 31.7 Å². The predicted molar refractivity (Wildman–Crippen MR) is 321 cm³/mol. The molecule has 4 aromatic rings. The van der Waals surface area contributed by atoms with E-state index >= 15 is 0 Å². The fraction of sp³-hybridized carbons (Fsp3) is 0.523. The van der Waals surface area contributed by atoms with Crippen molar-refractivity contribution in [1.29, 1.82) is 0 Å². The van der Waals surface area contributed by atoms with Crippen LogP contribution in [0.1, 0.15) is 177 Å². The number of rotatable bonds is 4. The number of halogens is 13. The van der Waals surface area contributed by atoms with Crippen molar-refractivity contribution in [3.05, 3.63) is 144 Å². The maximum absolute atomic E-state index is 13.3. The summed E-state index contributed by atoms with van der Waals surface area (Å²) in [5.74, 6) is 0. The number of aliphatic hydroxyl groups excluding tert-OH is 1. The Labute approximate surface area is 535 Å². The van der Waals surface area contributed by atoms with Gasteiger partial charge in [0.15, 0.2) is 0 Å². The summed E-state index contributed by atoms with van der Waals surface area (Å²) in [6.07, 6.45) is -17.4. The van der Waals surface area contributed by atoms with Gasteiger partial charge in [0, 0.05) is 63.3 Å². The molecule has 0 saturated heterocycles. The number of aliphatic hydroxyl groups is 1. The summed E-state index contributed by atoms with van der Waals surface area (Å²) in [7, 11) is 0. The van der Waals surface area contributed by atoms with E-state index in [0.717, 1.165) is 24.3 Å². The smallest absolute Gasteiger partial charge is 0.416 e. The maximum Gasteiger partial charge on any atom is 0.416 e. The normalized spacial score (nSPS) is 15.2. The van der Waals surface area contributed by atoms with Gasteiger partial charge in [-0.25, -0.2) is 19.2 Å². The topological polar surface area (TPSA) is 155 Å². The first-order chi connectivity index (χ1) is 42.0. The molecule has 4 amide bonds. The maximum atomic E-state index is 13.3. The molecule has 0 radical (unpaired) electrons. The van der Waals surface area contributed by atoms with Crippen molar-refractivity contribution in [2.24, 2.45) is 0 Å². The van der Waals surface area contributed by atoms with Crippen molar-refractivity contribution in [2.45, 2.75) is 194 Å². The van der Waals surface area contributed by atoms with E-state index in [4.69, 9.17) is 24.1 Å². The Morgan fingerprint density at radius 2 is 0.685 bits per heavy atom. The highest BCUT2D eigenvalue weighted by molar-refractivity contribution is 9.08. The Kier molecular flexibility index (Phi) is 23.9. The number of ether oxygens (including phenoxy) is 4. The van der Waals surface area contributed by atoms with E-state index in [1.54, 1.807) is 101 Å². The van der Waals surface area contributed by atoms with Gasteiger partial charge in [-0.2, -0.15) is 52.7 Å². The highest BCUT2D eigenvalue weighted by Gasteiger charge is 2.42. The average molecular weight is 1380 g/mol. The molecule has 92 heavy (non-hydrogen) atoms. The molecule has 14 nitrogen and oxygen atoms in total. The number of amides is 4. The standard InChI is InChI=1S/C17H20F3NO2.C16H19BrF3NO2.C16H20F3NO3.C16H18F3NO3/c1-5-11-8-12-6-7-21(15(22)23-16(2,3)4)10-13(12)14(9-11)17(18,19)20;1-15(2,3)23-14(22)21-5-4-11-6-10(8-17)7-13(12(11)9-21)16(18,19)20;2*1-15(2,3)23-14(22)20-5-4-11-6-10(9-21)7-13(12(11)8-20)16(17,18)19/h5,8-9H,1,6-7,10H2,2-4H3;6-7H,4-5,8-9H2,1-3H3;6-7,21H,4-5,8-9H2,1-3H3;6-7,9H,4-5,8H2,1-3H3. The highest BCUT2D eigenvalue weighted by Crippen LogP contribution is 2.42. The van der Waals surface area contributed by atoms with Gasteiger partial charge < -0.3 is 43.7 Å². The molecule has 0 aromatic heterocycles. The molecule has 4 heterocycles. The van der Waals surface area contributed by atoms with Crippen molar-refractivity contribution in [3.8, 4) is 0 Å². The van der Waals surface area contributed by atoms with Crippen LogP contribution in [0.4, 0.5) is 71.9 Å². The van der Waals surface area contributed by atoms with Crippen LogP contribution in [0, 0.1) is 0 Å². The summed E-state index contributed by atoms with van der Waals surface area (Å²) in [4.78, 5) is 64.4. The lowest BCUT2D eigenvalue weighted by Crippen LogP contribution is -2.40. The van der Waals surface area contributed by atoms with E-state index < -0.39 is 100 Å². The lowest BCUT2D eigenvalue weighted by Gasteiger charge is -2.32. The summed E-state index contributed by atoms with van der Waals surface area (Å²) >= 11 is 3.20. The molecule has 4 aliphatic heterocycles. The molecule has 0 atom stereocenters. The van der Waals surface area contributed by atoms with Crippen LogP contribution in [0.3, 0.4) is 0 Å². The molecule has 508 valence electrons. The quantitative estimate of drug-likeness (QED) is 0.0903. The van der Waals surface area contributed by atoms with Gasteiger partial charge >= 0.3 is 49.1 Å². The van der Waals surface area contributed by atoms with Crippen molar-refractivity contribution < 1.29 is 101 Å². The number of alkyl halides is 13. The monoisotopic (exact) mass is 1380 g/mol. The van der Waals surface area contributed by atoms with Gasteiger partial charge in [-0.1, -0.05) is 46.8 Å². The first-order valence-corrected chi connectivity index (χ1v) is 30.2. The zero-order chi connectivity index (χ0) is 69.7. The van der Waals surface area contributed by atoms with E-state index in [0.29, 0.717) is 77.3 Å². The average Bonchev–Trinajstić information content (AvgIpc) is 0.805. The zero-order valence-electron chi connectivity index (χ0n) is 53.2. The number of hydrogen-bond acceptors (Lipinski definition) is 10. The minimum atomic E-state index is -4.58. The number of carbonyl (C=O) groups excluding carboxylic acids is 5. The Balaban J connectivity index is 0.000000223. The first-order valence-electron chi connectivity index (χ1n) is 29.1. The van der Waals surface area contributed by atoms with Crippen LogP contribution in [-0.2, 0) is 107 Å². The SMILES string of the molecule is C=Cc1cc2c(c(C(F)(F)F)c1)CN(C(=O)OC(C)(C)C)CC2.CC(C)(C)OC(=O)N1CCc2cc(C=O)cc(C(F)(F)F)c2C1.CC(C)(C)OC(=O)N1CCc2cc(CBr)cc(C(F)(F)F)c2C1.CC(C)(C)OC(=O)N1CCc2cc(CO)cc(C(F)(F)F)c2C1. The molecule has 4 aliphatic rings. The summed E-state index contributed by atoms with van der Waals surface area (Å²) in [5.41, 5.74) is -1.97. The van der Waals surface area contributed by atoms with Crippen LogP contribution in [0.2, 0.25) is 0 Å². The largest absolute Gasteiger partial charge is 0.444 e. The second kappa shape index (κ2) is 29.1. The molecule has 4 aromatic carbocycles. The molecule has 0 spiro atoms. The van der Waals surface area contributed by atoms with Crippen LogP contribution in [0.15, 0.2) is 55.1 Å². The van der Waals surface area contributed by atoms with Gasteiger partial charge in [0.25, 0.3) is 0 Å². The first kappa shape index (κ1) is 75.7. The molecule has 0 unspecified atom stereocenters. The van der Waals surface area contributed by atoms with Gasteiger partial charge in [0.1, 0.15) is 28.7 Å². The Morgan fingerprint density at radius 1 is 0.435 bits per heavy atom. The summed E-state index contributed by atoms with van der Waals surface area (Å²) in [6, 6.07) is 10.5. The lowest BCUT2D eigenvalue weighted by molar-refractivity contribution is -0.139. The van der Waals surface area contributed by atoms with Crippen LogP contribution < -0.4 is 0 Å². The van der Waals surface area contributed by atoms with Crippen molar-refractivity contribution >= 4 is 52.7 Å². The minimum absolute atomic E-state index is 0.0122. The predicted octanol–water partition coefficient (Wildman–Crippen LogP) is 16.8. The Bertz CT molecular complexity index is 3140. The summed E-state index contributed by atoms with van der Waals surface area (Å²) in [6.45, 7) is 24.3. The number of aldehydes is 1. The number of carbonyl (C=O) groups is 5. The van der Waals surface area contributed by atoms with Crippen molar-refractivity contribution in [3.63, 3.8) is 0 Å². The Morgan fingerprint density at radius 3 is 0.935 bits per heavy atom. The molecule has 0 fully saturated rings. The second-order valence-electron chi connectivity index (χ2n) is 26.2. The summed E-state index contributed by atoms with van der Waals surface area (Å²) < 4.78 is 180. The van der Waals surface area contributed by atoms with Gasteiger partial charge in [-0.05, 0) is 200 Å². The number of hydrogen-bond donors (Lipinski definition) is 1. The third-order valence-electron chi connectivity index (χ3n) is 14.1. The van der Waals surface area contributed by atoms with Crippen molar-refractivity contribution in [1.82, 2.24) is 19.6 Å². The molecule has 0 saturated carbocycles. The molecule has 8 rings (SSSR count). The molecule has 1 N–H and O–H groups in total. The fourth-order valence-electron chi connectivity index (χ4n) is 10.1. The van der Waals surface area contributed by atoms with Gasteiger partial charge in [0.05, 0.1) is 28.9 Å². The van der Waals surface area contributed by atoms with Crippen LogP contribution in [0.25, 0.3) is 6.08 Å². The van der Waals surface area contributed by atoms with E-state index in [2.05, 4.69) is 22.5 Å². The fourth-order valence-corrected chi connectivity index (χ4v) is 10.5. The minimum Gasteiger partial charge on any atom is -0.444 e. The molecule has 0 bridgehead atoms. The molecule has 0 aliphatic carbocycles. The number of nitrogens with zero attached hydrogens (tertiary/aromatic N) is 4. The Hall–Kier alpha value is -7.03. The van der Waals surface area contributed by atoms with Crippen molar-refractivity contribution in [2.75, 3.05) is 26.2 Å². The van der Waals surface area contributed by atoms with Gasteiger partial charge in [0.2, 0.25) is 0 Å². The van der Waals surface area contributed by atoms with Crippen LogP contribution >= 0.6 is 15.9 Å². The lowest BCUT2D eigenvalue weighted by atomic mass is 9.92. The van der Waals surface area contributed by atoms with Gasteiger partial charge in [-0.15, -0.1) is 0 Å².